The van der Waals surface area contributed by atoms with Crippen molar-refractivity contribution in [3.8, 4) is 11.3 Å². The minimum Gasteiger partial charge on any atom is -0.256 e. The fourth-order valence-corrected chi connectivity index (χ4v) is 2.38. The molecule has 1 aromatic carbocycles. The van der Waals surface area contributed by atoms with Crippen LogP contribution >= 0.6 is 0 Å². The Kier molecular flexibility index (Phi) is 3.55. The molecule has 0 unspecified atom stereocenters. The van der Waals surface area contributed by atoms with E-state index in [0.717, 1.165) is 18.5 Å². The average molecular weight is 247 g/mol. The Morgan fingerprint density at radius 2 is 1.74 bits per heavy atom. The number of aromatic nitrogens is 1. The summed E-state index contributed by atoms with van der Waals surface area (Å²) in [5.74, 6) is 0.526. The summed E-state index contributed by atoms with van der Waals surface area (Å²) < 4.78 is 0. The van der Waals surface area contributed by atoms with E-state index < -0.39 is 0 Å². The van der Waals surface area contributed by atoms with E-state index in [9.17, 15) is 0 Å². The molecule has 0 radical (unpaired) electrons. The normalized spacial score (nSPS) is 14.7. The van der Waals surface area contributed by atoms with E-state index in [1.165, 1.54) is 11.1 Å². The third kappa shape index (κ3) is 3.00. The van der Waals surface area contributed by atoms with E-state index in [1.54, 1.807) is 0 Å². The first-order valence-electron chi connectivity index (χ1n) is 6.75. The zero-order valence-corrected chi connectivity index (χ0v) is 10.9. The summed E-state index contributed by atoms with van der Waals surface area (Å²) in [5.41, 5.74) is 3.51. The fraction of sp³-hybridized carbons (Fsp3) is 0.167. The Balaban J connectivity index is 1.74. The molecule has 0 saturated carbocycles. The first kappa shape index (κ1) is 11.9. The van der Waals surface area contributed by atoms with Crippen LogP contribution in [0.2, 0.25) is 0 Å². The molecule has 1 heteroatoms. The largest absolute Gasteiger partial charge is 0.256 e. The van der Waals surface area contributed by atoms with Gasteiger partial charge in [0, 0.05) is 11.8 Å². The van der Waals surface area contributed by atoms with Crippen LogP contribution in [-0.4, -0.2) is 4.98 Å². The molecule has 1 aliphatic carbocycles. The van der Waals surface area contributed by atoms with Gasteiger partial charge in [-0.15, -0.1) is 0 Å². The van der Waals surface area contributed by atoms with Crippen LogP contribution in [-0.2, 0) is 6.42 Å². The highest BCUT2D eigenvalue weighted by atomic mass is 14.7. The number of hydrogen-bond donors (Lipinski definition) is 0. The first-order chi connectivity index (χ1) is 9.42. The van der Waals surface area contributed by atoms with E-state index in [2.05, 4.69) is 53.6 Å². The summed E-state index contributed by atoms with van der Waals surface area (Å²) in [6.45, 7) is 0. The molecule has 0 saturated heterocycles. The smallest absolute Gasteiger partial charge is 0.0702 e. The number of pyridine rings is 1. The summed E-state index contributed by atoms with van der Waals surface area (Å²) in [7, 11) is 0. The van der Waals surface area contributed by atoms with Crippen LogP contribution in [0.1, 0.15) is 12.0 Å². The predicted molar refractivity (Wildman–Crippen MR) is 79.8 cm³/mol. The van der Waals surface area contributed by atoms with E-state index >= 15 is 0 Å². The Bertz CT molecular complexity index is 567. The van der Waals surface area contributed by atoms with Crippen molar-refractivity contribution >= 4 is 0 Å². The summed E-state index contributed by atoms with van der Waals surface area (Å²) in [4.78, 5) is 4.57. The van der Waals surface area contributed by atoms with Crippen molar-refractivity contribution in [3.63, 3.8) is 0 Å². The number of benzene rings is 1. The third-order valence-electron chi connectivity index (χ3n) is 3.40. The lowest BCUT2D eigenvalue weighted by molar-refractivity contribution is 0.785. The second-order valence-electron chi connectivity index (χ2n) is 4.88. The third-order valence-corrected chi connectivity index (χ3v) is 3.40. The van der Waals surface area contributed by atoms with Crippen molar-refractivity contribution < 1.29 is 0 Å². The molecular weight excluding hydrogens is 230 g/mol. The predicted octanol–water partition coefficient (Wildman–Crippen LogP) is 4.42. The monoisotopic (exact) mass is 247 g/mol. The van der Waals surface area contributed by atoms with Gasteiger partial charge in [0.25, 0.3) is 0 Å². The molecule has 1 heterocycles. The van der Waals surface area contributed by atoms with Gasteiger partial charge in [-0.05, 0) is 30.4 Å². The molecule has 0 fully saturated rings. The maximum atomic E-state index is 4.57. The van der Waals surface area contributed by atoms with Gasteiger partial charge in [-0.2, -0.15) is 0 Å². The van der Waals surface area contributed by atoms with E-state index in [1.807, 2.05) is 24.4 Å². The summed E-state index contributed by atoms with van der Waals surface area (Å²) in [5, 5.41) is 0. The van der Waals surface area contributed by atoms with Gasteiger partial charge in [-0.25, -0.2) is 0 Å². The standard InChI is InChI=1S/C18H17N/c1-3-7-15(8-4-1)13-16-11-12-18(19-14-16)17-9-5-2-6-10-17/h2-12,14-15H,1,13H2. The maximum absolute atomic E-state index is 4.57. The van der Waals surface area contributed by atoms with Gasteiger partial charge in [0.05, 0.1) is 5.69 Å². The Morgan fingerprint density at radius 1 is 0.947 bits per heavy atom. The van der Waals surface area contributed by atoms with Crippen molar-refractivity contribution in [1.82, 2.24) is 4.98 Å². The van der Waals surface area contributed by atoms with E-state index in [0.29, 0.717) is 5.92 Å². The molecule has 0 atom stereocenters. The second kappa shape index (κ2) is 5.66. The molecule has 3 rings (SSSR count). The average Bonchev–Trinajstić information content (AvgIpc) is 2.50. The molecular formula is C18H17N. The number of allylic oxidation sites excluding steroid dienone is 4. The van der Waals surface area contributed by atoms with Gasteiger partial charge < -0.3 is 0 Å². The molecule has 1 aromatic heterocycles. The van der Waals surface area contributed by atoms with Crippen molar-refractivity contribution in [2.45, 2.75) is 12.8 Å². The van der Waals surface area contributed by atoms with Crippen LogP contribution in [0.15, 0.2) is 73.0 Å². The van der Waals surface area contributed by atoms with Crippen LogP contribution in [0.3, 0.4) is 0 Å². The summed E-state index contributed by atoms with van der Waals surface area (Å²) in [6, 6.07) is 14.6. The van der Waals surface area contributed by atoms with E-state index in [-0.39, 0.29) is 0 Å². The number of hydrogen-bond acceptors (Lipinski definition) is 1. The van der Waals surface area contributed by atoms with Crippen molar-refractivity contribution in [3.05, 3.63) is 78.5 Å². The highest BCUT2D eigenvalue weighted by Crippen LogP contribution is 2.19. The minimum absolute atomic E-state index is 0.526. The lowest BCUT2D eigenvalue weighted by atomic mass is 9.96. The lowest BCUT2D eigenvalue weighted by Crippen LogP contribution is -2.00. The Labute approximate surface area is 114 Å². The van der Waals surface area contributed by atoms with Crippen LogP contribution in [0, 0.1) is 5.92 Å². The van der Waals surface area contributed by atoms with Crippen LogP contribution in [0.25, 0.3) is 11.3 Å². The topological polar surface area (TPSA) is 12.9 Å². The van der Waals surface area contributed by atoms with Gasteiger partial charge in [0.1, 0.15) is 0 Å². The number of nitrogens with zero attached hydrogens (tertiary/aromatic N) is 1. The van der Waals surface area contributed by atoms with Gasteiger partial charge in [0.2, 0.25) is 0 Å². The van der Waals surface area contributed by atoms with Crippen LogP contribution < -0.4 is 0 Å². The Morgan fingerprint density at radius 3 is 2.42 bits per heavy atom. The SMILES string of the molecule is C1=CC(Cc2ccc(-c3ccccc3)nc2)C=CC1. The molecule has 0 spiro atoms. The lowest BCUT2D eigenvalue weighted by Gasteiger charge is -2.11. The first-order valence-corrected chi connectivity index (χ1v) is 6.75. The highest BCUT2D eigenvalue weighted by Gasteiger charge is 2.05. The second-order valence-corrected chi connectivity index (χ2v) is 4.88. The fourth-order valence-electron chi connectivity index (χ4n) is 2.38. The van der Waals surface area contributed by atoms with Crippen molar-refractivity contribution in [1.29, 1.82) is 0 Å². The van der Waals surface area contributed by atoms with Crippen molar-refractivity contribution in [2.24, 2.45) is 5.92 Å². The molecule has 1 nitrogen and oxygen atoms in total. The molecule has 0 N–H and O–H groups in total. The Hall–Kier alpha value is -2.15. The van der Waals surface area contributed by atoms with Crippen LogP contribution in [0.4, 0.5) is 0 Å². The quantitative estimate of drug-likeness (QED) is 0.731. The zero-order valence-electron chi connectivity index (χ0n) is 10.9. The number of rotatable bonds is 3. The molecule has 94 valence electrons. The van der Waals surface area contributed by atoms with Gasteiger partial charge in [-0.3, -0.25) is 4.98 Å². The molecule has 0 bridgehead atoms. The van der Waals surface area contributed by atoms with Crippen molar-refractivity contribution in [2.75, 3.05) is 0 Å². The molecule has 19 heavy (non-hydrogen) atoms. The molecule has 1 aliphatic rings. The zero-order chi connectivity index (χ0) is 12.9. The summed E-state index contributed by atoms with van der Waals surface area (Å²) in [6.07, 6.45) is 13.1. The highest BCUT2D eigenvalue weighted by molar-refractivity contribution is 5.58. The molecule has 2 aromatic rings. The maximum Gasteiger partial charge on any atom is 0.0702 e. The molecule has 0 aliphatic heterocycles. The van der Waals surface area contributed by atoms with E-state index in [4.69, 9.17) is 0 Å². The molecule has 0 amide bonds. The van der Waals surface area contributed by atoms with Gasteiger partial charge in [-0.1, -0.05) is 60.7 Å². The van der Waals surface area contributed by atoms with Gasteiger partial charge >= 0.3 is 0 Å². The minimum atomic E-state index is 0.526. The van der Waals surface area contributed by atoms with Crippen LogP contribution in [0.5, 0.6) is 0 Å². The summed E-state index contributed by atoms with van der Waals surface area (Å²) >= 11 is 0. The van der Waals surface area contributed by atoms with Gasteiger partial charge in [0.15, 0.2) is 0 Å².